The van der Waals surface area contributed by atoms with Gasteiger partial charge < -0.3 is 10.4 Å². The van der Waals surface area contributed by atoms with Gasteiger partial charge in [0.25, 0.3) is 0 Å². The van der Waals surface area contributed by atoms with Crippen LogP contribution in [0.4, 0.5) is 5.82 Å². The molecule has 0 aliphatic heterocycles. The van der Waals surface area contributed by atoms with Gasteiger partial charge in [-0.2, -0.15) is 0 Å². The zero-order valence-electron chi connectivity index (χ0n) is 12.3. The van der Waals surface area contributed by atoms with Crippen LogP contribution < -0.4 is 5.32 Å². The average Bonchev–Trinajstić information content (AvgIpc) is 2.91. The van der Waals surface area contributed by atoms with Crippen molar-refractivity contribution < 1.29 is 9.90 Å². The molecule has 0 saturated carbocycles. The Morgan fingerprint density at radius 2 is 2.04 bits per heavy atom. The Balaban J connectivity index is 2.05. The summed E-state index contributed by atoms with van der Waals surface area (Å²) in [5.41, 5.74) is 3.26. The lowest BCUT2D eigenvalue weighted by Gasteiger charge is -2.08. The number of hydrogen-bond acceptors (Lipinski definition) is 5. The largest absolute Gasteiger partial charge is 0.481 e. The highest BCUT2D eigenvalue weighted by Crippen LogP contribution is 2.37. The van der Waals surface area contributed by atoms with Crippen LogP contribution in [0.15, 0.2) is 29.6 Å². The number of carboxylic acid groups (broad SMARTS) is 1. The highest BCUT2D eigenvalue weighted by atomic mass is 35.5. The molecule has 0 spiro atoms. The lowest BCUT2D eigenvalue weighted by molar-refractivity contribution is -0.136. The van der Waals surface area contributed by atoms with E-state index in [1.54, 1.807) is 0 Å². The molecule has 0 saturated heterocycles. The van der Waals surface area contributed by atoms with Gasteiger partial charge in [0, 0.05) is 17.5 Å². The van der Waals surface area contributed by atoms with E-state index in [2.05, 4.69) is 15.3 Å². The maximum Gasteiger partial charge on any atom is 0.305 e. The summed E-state index contributed by atoms with van der Waals surface area (Å²) in [4.78, 5) is 20.0. The molecule has 2 heterocycles. The molecule has 3 rings (SSSR count). The highest BCUT2D eigenvalue weighted by molar-refractivity contribution is 7.17. The number of carbonyl (C=O) groups is 1. The number of aromatic nitrogens is 2. The fraction of sp³-hybridized carbons (Fsp3) is 0.188. The average molecular weight is 348 g/mol. The number of nitrogens with one attached hydrogen (secondary N) is 1. The second-order valence-corrected chi connectivity index (χ2v) is 6.30. The zero-order chi connectivity index (χ0) is 16.4. The van der Waals surface area contributed by atoms with Crippen molar-refractivity contribution in [2.24, 2.45) is 0 Å². The summed E-state index contributed by atoms with van der Waals surface area (Å²) in [5, 5.41) is 14.9. The Morgan fingerprint density at radius 1 is 1.30 bits per heavy atom. The van der Waals surface area contributed by atoms with Crippen LogP contribution in [-0.2, 0) is 4.79 Å². The predicted molar refractivity (Wildman–Crippen MR) is 93.3 cm³/mol. The number of thiophene rings is 1. The van der Waals surface area contributed by atoms with E-state index in [0.29, 0.717) is 5.82 Å². The topological polar surface area (TPSA) is 75.1 Å². The molecule has 118 valence electrons. The van der Waals surface area contributed by atoms with Gasteiger partial charge in [-0.15, -0.1) is 11.3 Å². The molecule has 3 aromatic rings. The minimum atomic E-state index is -0.863. The summed E-state index contributed by atoms with van der Waals surface area (Å²) < 4.78 is 0. The molecule has 0 amide bonds. The van der Waals surface area contributed by atoms with Crippen molar-refractivity contribution in [3.8, 4) is 11.1 Å². The van der Waals surface area contributed by atoms with Crippen LogP contribution >= 0.6 is 22.9 Å². The zero-order valence-corrected chi connectivity index (χ0v) is 13.9. The van der Waals surface area contributed by atoms with E-state index in [4.69, 9.17) is 16.7 Å². The van der Waals surface area contributed by atoms with E-state index in [9.17, 15) is 4.79 Å². The fourth-order valence-corrected chi connectivity index (χ4v) is 3.44. The van der Waals surface area contributed by atoms with Crippen LogP contribution in [0.2, 0.25) is 5.28 Å². The third kappa shape index (κ3) is 3.43. The Bertz CT molecular complexity index is 862. The normalized spacial score (nSPS) is 10.9. The van der Waals surface area contributed by atoms with E-state index >= 15 is 0 Å². The maximum atomic E-state index is 10.7. The van der Waals surface area contributed by atoms with E-state index in [1.807, 2.05) is 36.6 Å². The fourth-order valence-electron chi connectivity index (χ4n) is 2.28. The molecule has 0 aliphatic rings. The van der Waals surface area contributed by atoms with Crippen molar-refractivity contribution in [2.75, 3.05) is 11.9 Å². The Kier molecular flexibility index (Phi) is 4.45. The minimum absolute atomic E-state index is 0.00706. The van der Waals surface area contributed by atoms with E-state index < -0.39 is 5.97 Å². The van der Waals surface area contributed by atoms with Gasteiger partial charge in [0.05, 0.1) is 11.8 Å². The van der Waals surface area contributed by atoms with E-state index in [0.717, 1.165) is 21.3 Å². The molecular formula is C16H14ClN3O2S. The van der Waals surface area contributed by atoms with Gasteiger partial charge in [0.15, 0.2) is 0 Å². The Labute approximate surface area is 142 Å². The molecule has 0 aliphatic carbocycles. The molecule has 0 radical (unpaired) electrons. The van der Waals surface area contributed by atoms with Crippen LogP contribution in [0, 0.1) is 6.92 Å². The van der Waals surface area contributed by atoms with Gasteiger partial charge in [0.2, 0.25) is 5.28 Å². The summed E-state index contributed by atoms with van der Waals surface area (Å²) in [6, 6.07) is 8.19. The summed E-state index contributed by atoms with van der Waals surface area (Å²) in [5.74, 6) is -0.295. The number of aliphatic carboxylic acids is 1. The van der Waals surface area contributed by atoms with Crippen molar-refractivity contribution in [1.82, 2.24) is 9.97 Å². The molecular weight excluding hydrogens is 334 g/mol. The van der Waals surface area contributed by atoms with Gasteiger partial charge >= 0.3 is 5.97 Å². The Morgan fingerprint density at radius 3 is 2.74 bits per heavy atom. The minimum Gasteiger partial charge on any atom is -0.481 e. The second-order valence-electron chi connectivity index (χ2n) is 5.11. The summed E-state index contributed by atoms with van der Waals surface area (Å²) in [6.45, 7) is 2.32. The van der Waals surface area contributed by atoms with Crippen LogP contribution in [0.25, 0.3) is 21.3 Å². The standard InChI is InChI=1S/C16H14ClN3O2S/c1-9-2-4-10(5-3-9)11-8-23-15-13(11)14(19-16(17)20-15)18-7-6-12(21)22/h2-5,8H,6-7H2,1H3,(H,21,22)(H,18,19,20). The van der Waals surface area contributed by atoms with Gasteiger partial charge in [0.1, 0.15) is 10.6 Å². The van der Waals surface area contributed by atoms with Gasteiger partial charge in [-0.1, -0.05) is 29.8 Å². The van der Waals surface area contributed by atoms with Crippen molar-refractivity contribution in [3.05, 3.63) is 40.5 Å². The van der Waals surface area contributed by atoms with Crippen LogP contribution in [0.5, 0.6) is 0 Å². The maximum absolute atomic E-state index is 10.7. The molecule has 0 unspecified atom stereocenters. The first-order chi connectivity index (χ1) is 11.0. The number of halogens is 1. The first-order valence-corrected chi connectivity index (χ1v) is 8.28. The first kappa shape index (κ1) is 15.7. The highest BCUT2D eigenvalue weighted by Gasteiger charge is 2.15. The number of rotatable bonds is 5. The number of hydrogen-bond donors (Lipinski definition) is 2. The van der Waals surface area contributed by atoms with Crippen molar-refractivity contribution in [2.45, 2.75) is 13.3 Å². The third-order valence-electron chi connectivity index (χ3n) is 3.40. The number of carboxylic acids is 1. The van der Waals surface area contributed by atoms with Crippen molar-refractivity contribution >= 4 is 44.9 Å². The lowest BCUT2D eigenvalue weighted by Crippen LogP contribution is -2.09. The molecule has 0 fully saturated rings. The van der Waals surface area contributed by atoms with Crippen LogP contribution in [-0.4, -0.2) is 27.6 Å². The summed E-state index contributed by atoms with van der Waals surface area (Å²) >= 11 is 7.46. The number of fused-ring (bicyclic) bond motifs is 1. The quantitative estimate of drug-likeness (QED) is 0.676. The monoisotopic (exact) mass is 347 g/mol. The van der Waals surface area contributed by atoms with Gasteiger partial charge in [-0.05, 0) is 24.1 Å². The molecule has 0 atom stereocenters. The summed E-state index contributed by atoms with van der Waals surface area (Å²) in [6.07, 6.45) is 0.00706. The SMILES string of the molecule is Cc1ccc(-c2csc3nc(Cl)nc(NCCC(=O)O)c23)cc1. The van der Waals surface area contributed by atoms with Crippen molar-refractivity contribution in [1.29, 1.82) is 0 Å². The lowest BCUT2D eigenvalue weighted by atomic mass is 10.0. The van der Waals surface area contributed by atoms with Gasteiger partial charge in [-0.3, -0.25) is 4.79 Å². The molecule has 2 aromatic heterocycles. The molecule has 5 nitrogen and oxygen atoms in total. The van der Waals surface area contributed by atoms with Crippen LogP contribution in [0.1, 0.15) is 12.0 Å². The predicted octanol–water partition coefficient (Wildman–Crippen LogP) is 4.21. The molecule has 2 N–H and O–H groups in total. The number of aryl methyl sites for hydroxylation is 1. The molecule has 0 bridgehead atoms. The number of nitrogens with zero attached hydrogens (tertiary/aromatic N) is 2. The molecule has 23 heavy (non-hydrogen) atoms. The van der Waals surface area contributed by atoms with E-state index in [1.165, 1.54) is 16.9 Å². The van der Waals surface area contributed by atoms with E-state index in [-0.39, 0.29) is 18.2 Å². The molecule has 7 heteroatoms. The second kappa shape index (κ2) is 6.52. The third-order valence-corrected chi connectivity index (χ3v) is 4.44. The van der Waals surface area contributed by atoms with Gasteiger partial charge in [-0.25, -0.2) is 9.97 Å². The summed E-state index contributed by atoms with van der Waals surface area (Å²) in [7, 11) is 0. The van der Waals surface area contributed by atoms with Crippen molar-refractivity contribution in [3.63, 3.8) is 0 Å². The number of anilines is 1. The smallest absolute Gasteiger partial charge is 0.305 e. The first-order valence-electron chi connectivity index (χ1n) is 7.02. The Hall–Kier alpha value is -2.18. The van der Waals surface area contributed by atoms with Crippen LogP contribution in [0.3, 0.4) is 0 Å². The number of benzene rings is 1. The molecule has 1 aromatic carbocycles.